The number of hydrogen-bond acceptors (Lipinski definition) is 4. The van der Waals surface area contributed by atoms with Crippen molar-refractivity contribution in [1.29, 1.82) is 0 Å². The van der Waals surface area contributed by atoms with E-state index >= 15 is 0 Å². The van der Waals surface area contributed by atoms with Gasteiger partial charge in [-0.1, -0.05) is 57.6 Å². The Bertz CT molecular complexity index is 376. The Kier molecular flexibility index (Phi) is 10.6. The highest BCUT2D eigenvalue weighted by atomic mass is 16.6. The molecule has 132 valence electrons. The van der Waals surface area contributed by atoms with E-state index in [-0.39, 0.29) is 18.3 Å². The lowest BCUT2D eigenvalue weighted by Crippen LogP contribution is -2.10. The average Bonchev–Trinajstić information content (AvgIpc) is 3.26. The molecule has 4 heteroatoms. The maximum atomic E-state index is 11.5. The highest BCUT2D eigenvalue weighted by Crippen LogP contribution is 2.28. The first-order chi connectivity index (χ1) is 11.2. The van der Waals surface area contributed by atoms with Crippen LogP contribution in [0.3, 0.4) is 0 Å². The van der Waals surface area contributed by atoms with E-state index < -0.39 is 5.97 Å². The first-order valence-corrected chi connectivity index (χ1v) is 9.16. The van der Waals surface area contributed by atoms with Crippen molar-refractivity contribution in [2.75, 3.05) is 6.61 Å². The first-order valence-electron chi connectivity index (χ1n) is 9.16. The lowest BCUT2D eigenvalue weighted by molar-refractivity contribution is -0.145. The van der Waals surface area contributed by atoms with Gasteiger partial charge in [0.15, 0.2) is 0 Å². The van der Waals surface area contributed by atoms with Gasteiger partial charge in [0, 0.05) is 6.42 Å². The molecule has 0 aromatic rings. The van der Waals surface area contributed by atoms with E-state index in [0.717, 1.165) is 6.42 Å². The van der Waals surface area contributed by atoms with Crippen molar-refractivity contribution >= 4 is 11.8 Å². The van der Waals surface area contributed by atoms with E-state index in [1.54, 1.807) is 6.92 Å². The molecule has 1 fully saturated rings. The minimum atomic E-state index is -0.425. The van der Waals surface area contributed by atoms with Gasteiger partial charge in [0.2, 0.25) is 0 Å². The molecular weight excluding hydrogens is 292 g/mol. The summed E-state index contributed by atoms with van der Waals surface area (Å²) in [5.41, 5.74) is 0. The van der Waals surface area contributed by atoms with Gasteiger partial charge in [-0.3, -0.25) is 9.59 Å². The zero-order chi connectivity index (χ0) is 16.9. The molecule has 1 aliphatic rings. The van der Waals surface area contributed by atoms with Crippen molar-refractivity contribution in [3.05, 3.63) is 12.2 Å². The van der Waals surface area contributed by atoms with E-state index in [0.29, 0.717) is 25.6 Å². The second-order valence-electron chi connectivity index (χ2n) is 6.18. The first kappa shape index (κ1) is 19.9. The van der Waals surface area contributed by atoms with E-state index in [1.807, 2.05) is 6.08 Å². The Labute approximate surface area is 140 Å². The highest BCUT2D eigenvalue weighted by Gasteiger charge is 2.35. The maximum Gasteiger partial charge on any atom is 0.313 e. The Morgan fingerprint density at radius 3 is 2.57 bits per heavy atom. The molecule has 4 nitrogen and oxygen atoms in total. The van der Waals surface area contributed by atoms with E-state index in [1.165, 1.54) is 38.5 Å². The fourth-order valence-corrected chi connectivity index (χ4v) is 2.62. The third-order valence-corrected chi connectivity index (χ3v) is 4.03. The smallest absolute Gasteiger partial charge is 0.313 e. The number of hydrogen-bond donors (Lipinski definition) is 0. The third kappa shape index (κ3) is 10.3. The standard InChI is InChI=1S/C19H32O4/c1-3-5-6-7-8-9-13-17-18(23-17)14-11-10-12-16(20)15-19(21)22-4-2/h11,14,17-18H,3-10,12-13,15H2,1-2H3/t17-,18+/m1/s1. The Hall–Kier alpha value is -1.16. The molecule has 1 saturated heterocycles. The van der Waals surface area contributed by atoms with Gasteiger partial charge in [0.1, 0.15) is 18.3 Å². The summed E-state index contributed by atoms with van der Waals surface area (Å²) in [4.78, 5) is 22.7. The predicted molar refractivity (Wildman–Crippen MR) is 91.3 cm³/mol. The second-order valence-corrected chi connectivity index (χ2v) is 6.18. The Balaban J connectivity index is 1.96. The third-order valence-electron chi connectivity index (χ3n) is 4.03. The van der Waals surface area contributed by atoms with Crippen LogP contribution in [0.2, 0.25) is 0 Å². The molecule has 1 heterocycles. The van der Waals surface area contributed by atoms with Crippen molar-refractivity contribution in [3.63, 3.8) is 0 Å². The van der Waals surface area contributed by atoms with Gasteiger partial charge in [-0.15, -0.1) is 0 Å². The number of unbranched alkanes of at least 4 members (excludes halogenated alkanes) is 5. The minimum Gasteiger partial charge on any atom is -0.466 e. The molecule has 23 heavy (non-hydrogen) atoms. The molecule has 0 radical (unpaired) electrons. The summed E-state index contributed by atoms with van der Waals surface area (Å²) < 4.78 is 10.4. The van der Waals surface area contributed by atoms with Crippen LogP contribution in [-0.4, -0.2) is 30.6 Å². The molecule has 0 bridgehead atoms. The fraction of sp³-hybridized carbons (Fsp3) is 0.789. The van der Waals surface area contributed by atoms with Crippen LogP contribution in [0.4, 0.5) is 0 Å². The van der Waals surface area contributed by atoms with E-state index in [2.05, 4.69) is 13.0 Å². The van der Waals surface area contributed by atoms with E-state index in [4.69, 9.17) is 9.47 Å². The molecule has 1 rings (SSSR count). The largest absolute Gasteiger partial charge is 0.466 e. The second kappa shape index (κ2) is 12.3. The normalized spacial score (nSPS) is 19.9. The van der Waals surface area contributed by atoms with Crippen LogP contribution in [0.5, 0.6) is 0 Å². The van der Waals surface area contributed by atoms with Crippen LogP contribution >= 0.6 is 0 Å². The highest BCUT2D eigenvalue weighted by molar-refractivity contribution is 5.95. The number of allylic oxidation sites excluding steroid dienone is 1. The van der Waals surface area contributed by atoms with Crippen molar-refractivity contribution in [2.24, 2.45) is 0 Å². The lowest BCUT2D eigenvalue weighted by atomic mass is 10.1. The number of carbonyl (C=O) groups excluding carboxylic acids is 2. The van der Waals surface area contributed by atoms with Crippen LogP contribution < -0.4 is 0 Å². The van der Waals surface area contributed by atoms with Gasteiger partial charge in [0.05, 0.1) is 12.7 Å². The predicted octanol–water partition coefficient (Wildman–Crippen LogP) is 4.36. The summed E-state index contributed by atoms with van der Waals surface area (Å²) in [5, 5.41) is 0. The number of rotatable bonds is 14. The molecule has 0 aromatic carbocycles. The Morgan fingerprint density at radius 1 is 1.09 bits per heavy atom. The van der Waals surface area contributed by atoms with Gasteiger partial charge < -0.3 is 9.47 Å². The molecule has 0 aliphatic carbocycles. The van der Waals surface area contributed by atoms with E-state index in [9.17, 15) is 9.59 Å². The van der Waals surface area contributed by atoms with Gasteiger partial charge >= 0.3 is 5.97 Å². The number of esters is 1. The maximum absolute atomic E-state index is 11.5. The summed E-state index contributed by atoms with van der Waals surface area (Å²) in [6, 6.07) is 0. The van der Waals surface area contributed by atoms with Crippen LogP contribution in [-0.2, 0) is 19.1 Å². The molecule has 0 spiro atoms. The quantitative estimate of drug-likeness (QED) is 0.157. The fourth-order valence-electron chi connectivity index (χ4n) is 2.62. The van der Waals surface area contributed by atoms with Crippen molar-refractivity contribution in [2.45, 2.75) is 90.3 Å². The van der Waals surface area contributed by atoms with Gasteiger partial charge in [-0.05, 0) is 19.8 Å². The van der Waals surface area contributed by atoms with Crippen molar-refractivity contribution in [3.8, 4) is 0 Å². The molecule has 0 unspecified atom stereocenters. The van der Waals surface area contributed by atoms with Gasteiger partial charge in [-0.2, -0.15) is 0 Å². The number of epoxide rings is 1. The summed E-state index contributed by atoms with van der Waals surface area (Å²) in [7, 11) is 0. The summed E-state index contributed by atoms with van der Waals surface area (Å²) in [6.45, 7) is 4.30. The van der Waals surface area contributed by atoms with Crippen molar-refractivity contribution in [1.82, 2.24) is 0 Å². The van der Waals surface area contributed by atoms with Crippen LogP contribution in [0, 0.1) is 0 Å². The van der Waals surface area contributed by atoms with Crippen LogP contribution in [0.1, 0.15) is 78.1 Å². The molecule has 0 aromatic heterocycles. The Morgan fingerprint density at radius 2 is 1.83 bits per heavy atom. The molecular formula is C19H32O4. The number of carbonyl (C=O) groups is 2. The topological polar surface area (TPSA) is 55.9 Å². The monoisotopic (exact) mass is 324 g/mol. The SMILES string of the molecule is CCCCCCCC[C@H]1O[C@H]1C=CCCC(=O)CC(=O)OCC. The molecule has 0 amide bonds. The molecule has 2 atom stereocenters. The number of Topliss-reactive ketones (excluding diaryl/α,β-unsaturated/α-hetero) is 1. The summed E-state index contributed by atoms with van der Waals surface area (Å²) in [5.74, 6) is -0.487. The minimum absolute atomic E-state index is 0.0616. The summed E-state index contributed by atoms with van der Waals surface area (Å²) >= 11 is 0. The summed E-state index contributed by atoms with van der Waals surface area (Å²) in [6.07, 6.45) is 14.6. The van der Waals surface area contributed by atoms with Crippen molar-refractivity contribution < 1.29 is 19.1 Å². The van der Waals surface area contributed by atoms with Gasteiger partial charge in [-0.25, -0.2) is 0 Å². The zero-order valence-electron chi connectivity index (χ0n) is 14.7. The molecule has 1 aliphatic heterocycles. The average molecular weight is 324 g/mol. The number of ether oxygens (including phenoxy) is 2. The zero-order valence-corrected chi connectivity index (χ0v) is 14.7. The molecule has 0 N–H and O–H groups in total. The van der Waals surface area contributed by atoms with Crippen LogP contribution in [0.15, 0.2) is 12.2 Å². The van der Waals surface area contributed by atoms with Crippen LogP contribution in [0.25, 0.3) is 0 Å². The molecule has 0 saturated carbocycles. The number of ketones is 1. The lowest BCUT2D eigenvalue weighted by Gasteiger charge is -1.99. The van der Waals surface area contributed by atoms with Gasteiger partial charge in [0.25, 0.3) is 0 Å².